The number of imidazole rings is 1. The van der Waals surface area contributed by atoms with Gasteiger partial charge >= 0.3 is 6.03 Å². The molecule has 126 valence electrons. The van der Waals surface area contributed by atoms with Crippen LogP contribution in [0.3, 0.4) is 0 Å². The molecule has 0 radical (unpaired) electrons. The van der Waals surface area contributed by atoms with Crippen LogP contribution in [0.1, 0.15) is 30.8 Å². The summed E-state index contributed by atoms with van der Waals surface area (Å²) < 4.78 is 2.11. The van der Waals surface area contributed by atoms with Crippen molar-refractivity contribution in [3.63, 3.8) is 0 Å². The van der Waals surface area contributed by atoms with Crippen molar-refractivity contribution in [2.24, 2.45) is 0 Å². The minimum atomic E-state index is -0.146. The molecule has 2 heterocycles. The largest absolute Gasteiger partial charge is 0.338 e. The molecular formula is C17H21N5OS. The number of fused-ring (bicyclic) bond motifs is 1. The van der Waals surface area contributed by atoms with Crippen molar-refractivity contribution in [3.05, 3.63) is 47.2 Å². The Bertz CT molecular complexity index is 783. The van der Waals surface area contributed by atoms with Gasteiger partial charge in [0.15, 0.2) is 0 Å². The van der Waals surface area contributed by atoms with Crippen LogP contribution < -0.4 is 10.6 Å². The number of nitrogens with one attached hydrogen (secondary N) is 2. The predicted octanol–water partition coefficient (Wildman–Crippen LogP) is 3.33. The molecule has 0 aliphatic heterocycles. The third kappa shape index (κ3) is 3.91. The molecule has 0 unspecified atom stereocenters. The number of amides is 2. The van der Waals surface area contributed by atoms with Crippen molar-refractivity contribution in [1.29, 1.82) is 0 Å². The zero-order chi connectivity index (χ0) is 16.8. The molecule has 2 amide bonds. The number of nitrogens with zero attached hydrogens (tertiary/aromatic N) is 3. The number of rotatable bonds is 7. The van der Waals surface area contributed by atoms with Gasteiger partial charge in [-0.1, -0.05) is 19.1 Å². The van der Waals surface area contributed by atoms with E-state index in [0.29, 0.717) is 6.54 Å². The number of urea groups is 1. The van der Waals surface area contributed by atoms with Crippen molar-refractivity contribution in [2.45, 2.75) is 32.4 Å². The zero-order valence-electron chi connectivity index (χ0n) is 13.6. The smallest absolute Gasteiger partial charge is 0.315 e. The monoisotopic (exact) mass is 343 g/mol. The first kappa shape index (κ1) is 16.4. The van der Waals surface area contributed by atoms with E-state index in [4.69, 9.17) is 0 Å². The minimum absolute atomic E-state index is 0.0254. The summed E-state index contributed by atoms with van der Waals surface area (Å²) in [5.41, 5.74) is 2.12. The Morgan fingerprint density at radius 1 is 1.33 bits per heavy atom. The molecule has 0 fully saturated rings. The molecule has 0 bridgehead atoms. The van der Waals surface area contributed by atoms with Crippen LogP contribution in [0.25, 0.3) is 11.0 Å². The van der Waals surface area contributed by atoms with Gasteiger partial charge in [-0.15, -0.1) is 11.3 Å². The molecule has 1 aromatic carbocycles. The Morgan fingerprint density at radius 2 is 2.21 bits per heavy atom. The van der Waals surface area contributed by atoms with E-state index < -0.39 is 0 Å². The number of thiazole rings is 1. The van der Waals surface area contributed by atoms with Crippen LogP contribution in [0.15, 0.2) is 42.2 Å². The van der Waals surface area contributed by atoms with Crippen molar-refractivity contribution < 1.29 is 4.79 Å². The topological polar surface area (TPSA) is 71.8 Å². The Morgan fingerprint density at radius 3 is 3.00 bits per heavy atom. The highest BCUT2D eigenvalue weighted by molar-refractivity contribution is 7.09. The molecule has 6 nitrogen and oxygen atoms in total. The standard InChI is InChI=1S/C17H21N5OS/c1-2-13(16-18-9-11-24-16)21-17(23)19-8-5-10-22-12-20-14-6-3-4-7-15(14)22/h3-4,6-7,9,11-13H,2,5,8,10H2,1H3,(H2,19,21,23)/t13-/m1/s1. The van der Waals surface area contributed by atoms with Gasteiger partial charge in [0.05, 0.1) is 23.4 Å². The molecule has 3 rings (SSSR count). The minimum Gasteiger partial charge on any atom is -0.338 e. The average molecular weight is 343 g/mol. The molecule has 2 N–H and O–H groups in total. The van der Waals surface area contributed by atoms with Crippen molar-refractivity contribution in [2.75, 3.05) is 6.54 Å². The van der Waals surface area contributed by atoms with Gasteiger partial charge < -0.3 is 15.2 Å². The number of aromatic nitrogens is 3. The highest BCUT2D eigenvalue weighted by Crippen LogP contribution is 2.18. The predicted molar refractivity (Wildman–Crippen MR) is 96.0 cm³/mol. The quantitative estimate of drug-likeness (QED) is 0.646. The molecule has 0 saturated heterocycles. The molecule has 24 heavy (non-hydrogen) atoms. The maximum Gasteiger partial charge on any atom is 0.315 e. The van der Waals surface area contributed by atoms with E-state index in [0.717, 1.165) is 35.4 Å². The summed E-state index contributed by atoms with van der Waals surface area (Å²) in [5.74, 6) is 0. The SMILES string of the molecule is CC[C@@H](NC(=O)NCCCn1cnc2ccccc21)c1nccs1. The van der Waals surface area contributed by atoms with Gasteiger partial charge in [0, 0.05) is 24.7 Å². The number of hydrogen-bond donors (Lipinski definition) is 2. The van der Waals surface area contributed by atoms with Crippen molar-refractivity contribution >= 4 is 28.4 Å². The van der Waals surface area contributed by atoms with E-state index in [1.165, 1.54) is 0 Å². The lowest BCUT2D eigenvalue weighted by molar-refractivity contribution is 0.236. The van der Waals surface area contributed by atoms with Gasteiger partial charge in [0.25, 0.3) is 0 Å². The highest BCUT2D eigenvalue weighted by Gasteiger charge is 2.14. The van der Waals surface area contributed by atoms with E-state index >= 15 is 0 Å². The molecule has 0 aliphatic carbocycles. The molecule has 3 aromatic rings. The van der Waals surface area contributed by atoms with Crippen LogP contribution in [0.2, 0.25) is 0 Å². The maximum atomic E-state index is 12.0. The lowest BCUT2D eigenvalue weighted by Gasteiger charge is -2.15. The second-order valence-corrected chi connectivity index (χ2v) is 6.44. The van der Waals surface area contributed by atoms with Gasteiger partial charge in [0.2, 0.25) is 0 Å². The molecule has 7 heteroatoms. The summed E-state index contributed by atoms with van der Waals surface area (Å²) in [5, 5.41) is 8.75. The van der Waals surface area contributed by atoms with Crippen LogP contribution in [-0.4, -0.2) is 27.1 Å². The third-order valence-corrected chi connectivity index (χ3v) is 4.74. The van der Waals surface area contributed by atoms with Gasteiger partial charge in [-0.05, 0) is 25.0 Å². The summed E-state index contributed by atoms with van der Waals surface area (Å²) in [6.45, 7) is 3.48. The highest BCUT2D eigenvalue weighted by atomic mass is 32.1. The number of carbonyl (C=O) groups is 1. The fourth-order valence-corrected chi connectivity index (χ4v) is 3.37. The number of para-hydroxylation sites is 2. The molecule has 1 atom stereocenters. The summed E-state index contributed by atoms with van der Waals surface area (Å²) in [6, 6.07) is 7.88. The average Bonchev–Trinajstić information content (AvgIpc) is 3.26. The van der Waals surface area contributed by atoms with Crippen LogP contribution >= 0.6 is 11.3 Å². The van der Waals surface area contributed by atoms with E-state index in [1.54, 1.807) is 17.5 Å². The lowest BCUT2D eigenvalue weighted by atomic mass is 10.2. The maximum absolute atomic E-state index is 12.0. The number of benzene rings is 1. The first-order valence-electron chi connectivity index (χ1n) is 8.11. The summed E-state index contributed by atoms with van der Waals surface area (Å²) in [7, 11) is 0. The second kappa shape index (κ2) is 7.92. The van der Waals surface area contributed by atoms with E-state index in [9.17, 15) is 4.79 Å². The van der Waals surface area contributed by atoms with Gasteiger partial charge in [0.1, 0.15) is 5.01 Å². The number of carbonyl (C=O) groups excluding carboxylic acids is 1. The van der Waals surface area contributed by atoms with Crippen LogP contribution in [0, 0.1) is 0 Å². The van der Waals surface area contributed by atoms with Crippen LogP contribution in [0.5, 0.6) is 0 Å². The van der Waals surface area contributed by atoms with Crippen molar-refractivity contribution in [1.82, 2.24) is 25.2 Å². The Balaban J connectivity index is 1.44. The van der Waals surface area contributed by atoms with Gasteiger partial charge in [-0.25, -0.2) is 14.8 Å². The first-order valence-corrected chi connectivity index (χ1v) is 8.99. The van der Waals surface area contributed by atoms with Crippen molar-refractivity contribution in [3.8, 4) is 0 Å². The summed E-state index contributed by atoms with van der Waals surface area (Å²) >= 11 is 1.56. The normalized spacial score (nSPS) is 12.2. The van der Waals surface area contributed by atoms with Crippen LogP contribution in [-0.2, 0) is 6.54 Å². The third-order valence-electron chi connectivity index (χ3n) is 3.85. The van der Waals surface area contributed by atoms with E-state index in [2.05, 4.69) is 31.2 Å². The molecule has 2 aromatic heterocycles. The van der Waals surface area contributed by atoms with E-state index in [1.807, 2.05) is 36.8 Å². The summed E-state index contributed by atoms with van der Waals surface area (Å²) in [4.78, 5) is 20.7. The Labute approximate surface area is 144 Å². The van der Waals surface area contributed by atoms with E-state index in [-0.39, 0.29) is 12.1 Å². The zero-order valence-corrected chi connectivity index (χ0v) is 14.4. The molecule has 0 saturated carbocycles. The molecule has 0 spiro atoms. The van der Waals surface area contributed by atoms with Crippen LogP contribution in [0.4, 0.5) is 4.79 Å². The summed E-state index contributed by atoms with van der Waals surface area (Å²) in [6.07, 6.45) is 5.28. The number of aryl methyl sites for hydroxylation is 1. The first-order chi connectivity index (χ1) is 11.8. The molecular weight excluding hydrogens is 322 g/mol. The van der Waals surface area contributed by atoms with Gasteiger partial charge in [-0.2, -0.15) is 0 Å². The molecule has 0 aliphatic rings. The second-order valence-electron chi connectivity index (χ2n) is 5.51. The Hall–Kier alpha value is -2.41. The Kier molecular flexibility index (Phi) is 5.43. The fraction of sp³-hybridized carbons (Fsp3) is 0.353. The van der Waals surface area contributed by atoms with Gasteiger partial charge in [-0.3, -0.25) is 0 Å². The fourth-order valence-electron chi connectivity index (χ4n) is 2.59. The number of hydrogen-bond acceptors (Lipinski definition) is 4. The lowest BCUT2D eigenvalue weighted by Crippen LogP contribution is -2.38.